The molecule has 0 atom stereocenters. The Hall–Kier alpha value is -1.36. The third kappa shape index (κ3) is 2.87. The summed E-state index contributed by atoms with van der Waals surface area (Å²) in [7, 11) is 3.65. The molecule has 0 radical (unpaired) electrons. The highest BCUT2D eigenvalue weighted by atomic mass is 16.5. The highest BCUT2D eigenvalue weighted by Gasteiger charge is 2.08. The number of rotatable bonds is 3. The number of amides is 1. The van der Waals surface area contributed by atoms with Gasteiger partial charge in [0, 0.05) is 5.56 Å². The van der Waals surface area contributed by atoms with Crippen LogP contribution in [0.15, 0.2) is 10.7 Å². The van der Waals surface area contributed by atoms with Gasteiger partial charge in [0.05, 0.1) is 12.7 Å². The topological polar surface area (TPSA) is 58.4 Å². The van der Waals surface area contributed by atoms with E-state index in [1.807, 2.05) is 21.0 Å². The van der Waals surface area contributed by atoms with Gasteiger partial charge in [-0.1, -0.05) is 5.16 Å². The van der Waals surface area contributed by atoms with Gasteiger partial charge in [0.1, 0.15) is 0 Å². The number of likely N-dealkylation sites (N-methyl/N-ethyl adjacent to an activating group) is 1. The minimum absolute atomic E-state index is 0.107. The Morgan fingerprint density at radius 1 is 1.69 bits per heavy atom. The number of nitrogens with zero attached hydrogens (tertiary/aromatic N) is 2. The van der Waals surface area contributed by atoms with Crippen molar-refractivity contribution < 1.29 is 9.32 Å². The number of anilines is 1. The Labute approximate surface area is 76.7 Å². The molecule has 1 aromatic heterocycles. The summed E-state index contributed by atoms with van der Waals surface area (Å²) in [6.07, 6.45) is 1.56. The zero-order chi connectivity index (χ0) is 9.84. The van der Waals surface area contributed by atoms with Crippen molar-refractivity contribution in [2.24, 2.45) is 0 Å². The van der Waals surface area contributed by atoms with Crippen molar-refractivity contribution in [2.45, 2.75) is 6.92 Å². The van der Waals surface area contributed by atoms with Crippen LogP contribution in [0.25, 0.3) is 0 Å². The molecule has 13 heavy (non-hydrogen) atoms. The van der Waals surface area contributed by atoms with E-state index in [9.17, 15) is 4.79 Å². The summed E-state index contributed by atoms with van der Waals surface area (Å²) in [4.78, 5) is 13.0. The second-order valence-corrected chi connectivity index (χ2v) is 3.12. The molecule has 0 aliphatic heterocycles. The van der Waals surface area contributed by atoms with Crippen molar-refractivity contribution in [3.63, 3.8) is 0 Å². The molecule has 1 amide bonds. The maximum atomic E-state index is 11.2. The van der Waals surface area contributed by atoms with E-state index in [0.29, 0.717) is 12.4 Å². The lowest BCUT2D eigenvalue weighted by molar-refractivity contribution is -0.116. The summed E-state index contributed by atoms with van der Waals surface area (Å²) >= 11 is 0. The molecule has 0 saturated heterocycles. The number of aromatic nitrogens is 1. The Bertz CT molecular complexity index is 293. The lowest BCUT2D eigenvalue weighted by Gasteiger charge is -2.07. The van der Waals surface area contributed by atoms with Crippen molar-refractivity contribution in [3.05, 3.63) is 11.8 Å². The summed E-state index contributed by atoms with van der Waals surface area (Å²) in [5, 5.41) is 6.16. The summed E-state index contributed by atoms with van der Waals surface area (Å²) in [5.74, 6) is 0.316. The van der Waals surface area contributed by atoms with Crippen LogP contribution in [-0.4, -0.2) is 36.6 Å². The second-order valence-electron chi connectivity index (χ2n) is 3.12. The first kappa shape index (κ1) is 9.73. The summed E-state index contributed by atoms with van der Waals surface area (Å²) in [6.45, 7) is 2.15. The Balaban J connectivity index is 2.50. The fraction of sp³-hybridized carbons (Fsp3) is 0.500. The van der Waals surface area contributed by atoms with Gasteiger partial charge < -0.3 is 9.42 Å². The van der Waals surface area contributed by atoms with Crippen LogP contribution in [0.4, 0.5) is 5.88 Å². The fourth-order valence-electron chi connectivity index (χ4n) is 0.864. The molecular weight excluding hydrogens is 170 g/mol. The lowest BCUT2D eigenvalue weighted by atomic mass is 10.4. The molecule has 0 bridgehead atoms. The lowest BCUT2D eigenvalue weighted by Crippen LogP contribution is -2.27. The first-order valence-corrected chi connectivity index (χ1v) is 3.95. The van der Waals surface area contributed by atoms with Gasteiger partial charge in [-0.2, -0.15) is 0 Å². The molecular formula is C8H13N3O2. The molecule has 0 aliphatic carbocycles. The quantitative estimate of drug-likeness (QED) is 0.740. The monoisotopic (exact) mass is 183 g/mol. The molecule has 1 N–H and O–H groups in total. The van der Waals surface area contributed by atoms with Crippen LogP contribution in [-0.2, 0) is 4.79 Å². The van der Waals surface area contributed by atoms with E-state index in [0.717, 1.165) is 5.56 Å². The molecule has 0 aliphatic rings. The maximum Gasteiger partial charge on any atom is 0.240 e. The van der Waals surface area contributed by atoms with Gasteiger partial charge in [-0.3, -0.25) is 10.1 Å². The van der Waals surface area contributed by atoms with E-state index in [1.54, 1.807) is 11.1 Å². The SMILES string of the molecule is Cc1cnoc1NC(=O)CN(C)C. The molecule has 5 nitrogen and oxygen atoms in total. The standard InChI is InChI=1S/C8H13N3O2/c1-6-4-9-13-8(6)10-7(12)5-11(2)3/h4H,5H2,1-3H3,(H,10,12). The molecule has 1 heterocycles. The highest BCUT2D eigenvalue weighted by molar-refractivity contribution is 5.91. The van der Waals surface area contributed by atoms with Crippen molar-refractivity contribution in [3.8, 4) is 0 Å². The van der Waals surface area contributed by atoms with Crippen molar-refractivity contribution in [1.29, 1.82) is 0 Å². The van der Waals surface area contributed by atoms with Crippen LogP contribution in [0.1, 0.15) is 5.56 Å². The number of aryl methyl sites for hydroxylation is 1. The molecule has 0 unspecified atom stereocenters. The number of hydrogen-bond acceptors (Lipinski definition) is 4. The summed E-state index contributed by atoms with van der Waals surface area (Å²) in [5.41, 5.74) is 0.826. The van der Waals surface area contributed by atoms with E-state index in [4.69, 9.17) is 4.52 Å². The number of carbonyl (C=O) groups is 1. The first-order valence-electron chi connectivity index (χ1n) is 3.95. The Kier molecular flexibility index (Phi) is 3.02. The zero-order valence-corrected chi connectivity index (χ0v) is 8.00. The molecule has 0 fully saturated rings. The van der Waals surface area contributed by atoms with Gasteiger partial charge in [-0.25, -0.2) is 0 Å². The third-order valence-corrected chi connectivity index (χ3v) is 1.46. The van der Waals surface area contributed by atoms with Gasteiger partial charge in [0.15, 0.2) is 0 Å². The smallest absolute Gasteiger partial charge is 0.240 e. The molecule has 1 aromatic rings. The van der Waals surface area contributed by atoms with Gasteiger partial charge in [0.25, 0.3) is 0 Å². The van der Waals surface area contributed by atoms with Gasteiger partial charge in [0.2, 0.25) is 11.8 Å². The molecule has 0 saturated carbocycles. The average molecular weight is 183 g/mol. The Morgan fingerprint density at radius 2 is 2.38 bits per heavy atom. The van der Waals surface area contributed by atoms with Gasteiger partial charge >= 0.3 is 0 Å². The molecule has 5 heteroatoms. The molecule has 1 rings (SSSR count). The van der Waals surface area contributed by atoms with Crippen molar-refractivity contribution >= 4 is 11.8 Å². The van der Waals surface area contributed by atoms with Crippen LogP contribution in [0, 0.1) is 6.92 Å². The number of carbonyl (C=O) groups excluding carboxylic acids is 1. The average Bonchev–Trinajstić information content (AvgIpc) is 2.34. The normalized spacial score (nSPS) is 10.5. The second kappa shape index (κ2) is 4.04. The van der Waals surface area contributed by atoms with Crippen LogP contribution < -0.4 is 5.32 Å². The largest absolute Gasteiger partial charge is 0.338 e. The maximum absolute atomic E-state index is 11.2. The van der Waals surface area contributed by atoms with Crippen LogP contribution in [0.2, 0.25) is 0 Å². The van der Waals surface area contributed by atoms with Crippen LogP contribution >= 0.6 is 0 Å². The summed E-state index contributed by atoms with van der Waals surface area (Å²) < 4.78 is 4.82. The van der Waals surface area contributed by atoms with E-state index in [1.165, 1.54) is 0 Å². The van der Waals surface area contributed by atoms with Gasteiger partial charge in [-0.05, 0) is 21.0 Å². The fourth-order valence-corrected chi connectivity index (χ4v) is 0.864. The van der Waals surface area contributed by atoms with E-state index in [2.05, 4.69) is 10.5 Å². The predicted octanol–water partition coefficient (Wildman–Crippen LogP) is 0.483. The highest BCUT2D eigenvalue weighted by Crippen LogP contribution is 2.11. The van der Waals surface area contributed by atoms with E-state index < -0.39 is 0 Å². The van der Waals surface area contributed by atoms with Crippen LogP contribution in [0.3, 0.4) is 0 Å². The molecule has 0 spiro atoms. The van der Waals surface area contributed by atoms with Crippen LogP contribution in [0.5, 0.6) is 0 Å². The Morgan fingerprint density at radius 3 is 2.85 bits per heavy atom. The summed E-state index contributed by atoms with van der Waals surface area (Å²) in [6, 6.07) is 0. The minimum atomic E-state index is -0.107. The van der Waals surface area contributed by atoms with Gasteiger partial charge in [-0.15, -0.1) is 0 Å². The number of hydrogen-bond donors (Lipinski definition) is 1. The first-order chi connectivity index (χ1) is 6.09. The van der Waals surface area contributed by atoms with E-state index >= 15 is 0 Å². The van der Waals surface area contributed by atoms with Crippen molar-refractivity contribution in [1.82, 2.24) is 10.1 Å². The minimum Gasteiger partial charge on any atom is -0.338 e. The predicted molar refractivity (Wildman–Crippen MR) is 48.4 cm³/mol. The third-order valence-electron chi connectivity index (χ3n) is 1.46. The van der Waals surface area contributed by atoms with E-state index in [-0.39, 0.29) is 5.91 Å². The number of nitrogens with one attached hydrogen (secondary N) is 1. The zero-order valence-electron chi connectivity index (χ0n) is 8.00. The van der Waals surface area contributed by atoms with Crippen molar-refractivity contribution in [2.75, 3.05) is 26.0 Å². The molecule has 0 aromatic carbocycles. The molecule has 72 valence electrons.